The van der Waals surface area contributed by atoms with Gasteiger partial charge in [-0.25, -0.2) is 0 Å². The van der Waals surface area contributed by atoms with Gasteiger partial charge in [0, 0.05) is 12.4 Å². The normalized spacial score (nSPS) is 11.8. The Bertz CT molecular complexity index is 275. The van der Waals surface area contributed by atoms with Crippen molar-refractivity contribution in [2.45, 2.75) is 40.2 Å². The second kappa shape index (κ2) is 9.17. The summed E-state index contributed by atoms with van der Waals surface area (Å²) < 4.78 is 0. The summed E-state index contributed by atoms with van der Waals surface area (Å²) in [6, 6.07) is 0. The lowest BCUT2D eigenvalue weighted by Gasteiger charge is -2.13. The van der Waals surface area contributed by atoms with E-state index in [2.05, 4.69) is 15.9 Å². The molecule has 0 amide bonds. The summed E-state index contributed by atoms with van der Waals surface area (Å²) in [4.78, 5) is 7.65. The van der Waals surface area contributed by atoms with Crippen molar-refractivity contribution < 1.29 is 5.11 Å². The van der Waals surface area contributed by atoms with Crippen LogP contribution in [0.5, 0.6) is 0 Å². The smallest absolute Gasteiger partial charge is 0.166 e. The number of aliphatic hydroxyl groups is 1. The van der Waals surface area contributed by atoms with Crippen LogP contribution in [0.15, 0.2) is 18.6 Å². The van der Waals surface area contributed by atoms with Crippen LogP contribution in [0.3, 0.4) is 0 Å². The van der Waals surface area contributed by atoms with E-state index in [1.165, 1.54) is 25.5 Å². The summed E-state index contributed by atoms with van der Waals surface area (Å²) in [5.41, 5.74) is -0.920. The number of terminal acetylenes is 1. The molecule has 3 heteroatoms. The highest BCUT2D eigenvalue weighted by atomic mass is 16.3. The molecule has 1 unspecified atom stereocenters. The third-order valence-corrected chi connectivity index (χ3v) is 1.34. The van der Waals surface area contributed by atoms with Gasteiger partial charge in [-0.2, -0.15) is 0 Å². The highest BCUT2D eigenvalue weighted by Crippen LogP contribution is 2.14. The Labute approximate surface area is 92.6 Å². The van der Waals surface area contributed by atoms with Crippen LogP contribution in [0.1, 0.15) is 40.3 Å². The summed E-state index contributed by atoms with van der Waals surface area (Å²) >= 11 is 0. The summed E-state index contributed by atoms with van der Waals surface area (Å²) in [5.74, 6) is 2.21. The highest BCUT2D eigenvalue weighted by Gasteiger charge is 2.20. The minimum Gasteiger partial charge on any atom is -0.372 e. The summed E-state index contributed by atoms with van der Waals surface area (Å²) in [7, 11) is 0. The fraction of sp³-hybridized carbons (Fsp3) is 0.500. The quantitative estimate of drug-likeness (QED) is 0.721. The Hall–Kier alpha value is -1.40. The molecule has 15 heavy (non-hydrogen) atoms. The van der Waals surface area contributed by atoms with Gasteiger partial charge in [0.2, 0.25) is 0 Å². The fourth-order valence-electron chi connectivity index (χ4n) is 0.624. The Morgan fingerprint density at radius 1 is 1.27 bits per heavy atom. The van der Waals surface area contributed by atoms with Gasteiger partial charge >= 0.3 is 0 Å². The predicted octanol–water partition coefficient (Wildman–Crippen LogP) is 2.37. The van der Waals surface area contributed by atoms with Crippen molar-refractivity contribution in [2.75, 3.05) is 0 Å². The zero-order valence-electron chi connectivity index (χ0n) is 10.2. The van der Waals surface area contributed by atoms with Crippen LogP contribution in [0, 0.1) is 12.3 Å². The third-order valence-electron chi connectivity index (χ3n) is 1.34. The average molecular weight is 208 g/mol. The van der Waals surface area contributed by atoms with Crippen LogP contribution in [-0.4, -0.2) is 15.1 Å². The van der Waals surface area contributed by atoms with Gasteiger partial charge in [0.1, 0.15) is 5.69 Å². The van der Waals surface area contributed by atoms with Gasteiger partial charge < -0.3 is 5.11 Å². The van der Waals surface area contributed by atoms with Gasteiger partial charge in [0.25, 0.3) is 0 Å². The first kappa shape index (κ1) is 16.0. The third kappa shape index (κ3) is 5.82. The number of rotatable bonds is 1. The molecule has 1 N–H and O–H groups in total. The first-order valence-corrected chi connectivity index (χ1v) is 5.13. The van der Waals surface area contributed by atoms with E-state index in [1.807, 2.05) is 27.7 Å². The van der Waals surface area contributed by atoms with Gasteiger partial charge in [-0.1, -0.05) is 33.6 Å². The minimum absolute atomic E-state index is 0.391. The molecule has 1 aromatic rings. The maximum absolute atomic E-state index is 9.46. The number of aromatic nitrogens is 2. The van der Waals surface area contributed by atoms with Crippen LogP contribution in [0.4, 0.5) is 0 Å². The van der Waals surface area contributed by atoms with Crippen molar-refractivity contribution in [3.05, 3.63) is 24.3 Å². The molecule has 0 aromatic carbocycles. The maximum atomic E-state index is 9.46. The lowest BCUT2D eigenvalue weighted by atomic mass is 10.1. The van der Waals surface area contributed by atoms with Crippen LogP contribution in [-0.2, 0) is 5.60 Å². The van der Waals surface area contributed by atoms with Gasteiger partial charge in [0.15, 0.2) is 5.60 Å². The first-order chi connectivity index (χ1) is 7.17. The number of hydrogen-bond acceptors (Lipinski definition) is 3. The van der Waals surface area contributed by atoms with Crippen molar-refractivity contribution in [2.24, 2.45) is 0 Å². The zero-order valence-corrected chi connectivity index (χ0v) is 10.2. The van der Waals surface area contributed by atoms with Crippen molar-refractivity contribution in [3.8, 4) is 12.3 Å². The Balaban J connectivity index is 0. The molecule has 1 aromatic heterocycles. The Kier molecular flexibility index (Phi) is 9.81. The van der Waals surface area contributed by atoms with Crippen molar-refractivity contribution in [1.29, 1.82) is 0 Å². The fourth-order valence-corrected chi connectivity index (χ4v) is 0.624. The van der Waals surface area contributed by atoms with E-state index in [9.17, 15) is 5.11 Å². The molecule has 0 spiro atoms. The summed E-state index contributed by atoms with van der Waals surface area (Å²) in [6.07, 6.45) is 9.53. The van der Waals surface area contributed by atoms with E-state index in [1.54, 1.807) is 0 Å². The molecule has 0 aliphatic heterocycles. The molecular formula is C12H20N2O. The molecular weight excluding hydrogens is 188 g/mol. The van der Waals surface area contributed by atoms with Crippen LogP contribution in [0.2, 0.25) is 0 Å². The molecule has 0 aliphatic rings. The van der Waals surface area contributed by atoms with E-state index >= 15 is 0 Å². The molecule has 84 valence electrons. The maximum Gasteiger partial charge on any atom is 0.166 e. The standard InChI is InChI=1S/C8H8N2O.2C2H6/c1-3-8(2,11)7-6-9-4-5-10-7;2*1-2/h1,4-6,11H,2H3;2*1-2H3. The molecule has 1 atom stereocenters. The first-order valence-electron chi connectivity index (χ1n) is 5.13. The monoisotopic (exact) mass is 208 g/mol. The lowest BCUT2D eigenvalue weighted by Crippen LogP contribution is -2.19. The van der Waals surface area contributed by atoms with Gasteiger partial charge in [-0.3, -0.25) is 9.97 Å². The highest BCUT2D eigenvalue weighted by molar-refractivity contribution is 5.19. The predicted molar refractivity (Wildman–Crippen MR) is 63.1 cm³/mol. The van der Waals surface area contributed by atoms with E-state index in [0.29, 0.717) is 5.69 Å². The number of nitrogens with zero attached hydrogens (tertiary/aromatic N) is 2. The molecule has 1 rings (SSSR count). The lowest BCUT2D eigenvalue weighted by molar-refractivity contribution is 0.117. The van der Waals surface area contributed by atoms with Crippen LogP contribution < -0.4 is 0 Å². The van der Waals surface area contributed by atoms with E-state index in [-0.39, 0.29) is 0 Å². The molecule has 0 saturated heterocycles. The molecule has 1 heterocycles. The van der Waals surface area contributed by atoms with E-state index < -0.39 is 5.60 Å². The largest absolute Gasteiger partial charge is 0.372 e. The summed E-state index contributed by atoms with van der Waals surface area (Å²) in [6.45, 7) is 9.50. The number of hydrogen-bond donors (Lipinski definition) is 1. The second-order valence-electron chi connectivity index (χ2n) is 2.31. The second-order valence-corrected chi connectivity index (χ2v) is 2.31. The van der Waals surface area contributed by atoms with Crippen molar-refractivity contribution in [3.63, 3.8) is 0 Å². The minimum atomic E-state index is -1.31. The SMILES string of the molecule is C#CC(C)(O)c1cnccn1.CC.CC. The van der Waals surface area contributed by atoms with Crippen LogP contribution in [0.25, 0.3) is 0 Å². The summed E-state index contributed by atoms with van der Waals surface area (Å²) in [5, 5.41) is 9.46. The molecule has 0 fully saturated rings. The Morgan fingerprint density at radius 3 is 2.13 bits per heavy atom. The van der Waals surface area contributed by atoms with Crippen molar-refractivity contribution >= 4 is 0 Å². The molecule has 0 bridgehead atoms. The average Bonchev–Trinajstić information content (AvgIpc) is 2.35. The topological polar surface area (TPSA) is 46.0 Å². The molecule has 0 aliphatic carbocycles. The van der Waals surface area contributed by atoms with Gasteiger partial charge in [-0.05, 0) is 6.92 Å². The molecule has 0 radical (unpaired) electrons. The zero-order chi connectivity index (χ0) is 12.3. The Morgan fingerprint density at radius 2 is 1.80 bits per heavy atom. The van der Waals surface area contributed by atoms with Gasteiger partial charge in [-0.15, -0.1) is 6.42 Å². The van der Waals surface area contributed by atoms with E-state index in [0.717, 1.165) is 0 Å². The van der Waals surface area contributed by atoms with E-state index in [4.69, 9.17) is 6.42 Å². The molecule has 3 nitrogen and oxygen atoms in total. The van der Waals surface area contributed by atoms with Gasteiger partial charge in [0.05, 0.1) is 6.20 Å². The van der Waals surface area contributed by atoms with Crippen molar-refractivity contribution in [1.82, 2.24) is 9.97 Å². The molecule has 0 saturated carbocycles. The van der Waals surface area contributed by atoms with Crippen LogP contribution >= 0.6 is 0 Å².